The van der Waals surface area contributed by atoms with E-state index in [-0.39, 0.29) is 6.10 Å². The quantitative estimate of drug-likeness (QED) is 0.195. The van der Waals surface area contributed by atoms with Gasteiger partial charge in [0, 0.05) is 12.7 Å². The first-order chi connectivity index (χ1) is 15.3. The molecule has 0 aromatic heterocycles. The van der Waals surface area contributed by atoms with Crippen molar-refractivity contribution in [2.24, 2.45) is 0 Å². The molecule has 3 heteroatoms. The first kappa shape index (κ1) is 25.8. The lowest BCUT2D eigenvalue weighted by molar-refractivity contribution is 0.115. The van der Waals surface area contributed by atoms with Gasteiger partial charge in [-0.2, -0.15) is 0 Å². The third-order valence-electron chi connectivity index (χ3n) is 5.91. The van der Waals surface area contributed by atoms with Crippen LogP contribution in [0.2, 0.25) is 0 Å². The minimum Gasteiger partial charge on any atom is -0.388 e. The van der Waals surface area contributed by atoms with Gasteiger partial charge in [0.1, 0.15) is 0 Å². The third-order valence-corrected chi connectivity index (χ3v) is 9.38. The molecule has 0 atom stereocenters. The maximum Gasteiger partial charge on any atom is 0.407 e. The Morgan fingerprint density at radius 2 is 1.10 bits per heavy atom. The Hall–Kier alpha value is -1.42. The van der Waals surface area contributed by atoms with Crippen LogP contribution in [0.1, 0.15) is 91.4 Å². The van der Waals surface area contributed by atoms with E-state index in [0.29, 0.717) is 0 Å². The van der Waals surface area contributed by atoms with E-state index in [0.717, 1.165) is 38.7 Å². The van der Waals surface area contributed by atoms with Crippen LogP contribution >= 0.6 is 0 Å². The van der Waals surface area contributed by atoms with Crippen LogP contribution in [0.5, 0.6) is 0 Å². The van der Waals surface area contributed by atoms with Crippen molar-refractivity contribution in [3.8, 4) is 0 Å². The van der Waals surface area contributed by atoms with Crippen LogP contribution in [-0.2, 0) is 8.85 Å². The fourth-order valence-corrected chi connectivity index (χ4v) is 7.64. The van der Waals surface area contributed by atoms with Gasteiger partial charge in [-0.25, -0.2) is 0 Å². The van der Waals surface area contributed by atoms with Gasteiger partial charge in [-0.05, 0) is 29.6 Å². The van der Waals surface area contributed by atoms with Crippen LogP contribution in [0.25, 0.3) is 0 Å². The Morgan fingerprint density at radius 3 is 1.58 bits per heavy atom. The molecule has 0 spiro atoms. The molecule has 0 amide bonds. The highest BCUT2D eigenvalue weighted by Gasteiger charge is 2.44. The molecule has 2 nitrogen and oxygen atoms in total. The van der Waals surface area contributed by atoms with Crippen LogP contribution in [0.15, 0.2) is 60.7 Å². The largest absolute Gasteiger partial charge is 0.407 e. The lowest BCUT2D eigenvalue weighted by atomic mass is 10.1. The summed E-state index contributed by atoms with van der Waals surface area (Å²) < 4.78 is 13.9. The summed E-state index contributed by atoms with van der Waals surface area (Å²) in [5.74, 6) is 0. The van der Waals surface area contributed by atoms with E-state index in [9.17, 15) is 0 Å². The zero-order valence-electron chi connectivity index (χ0n) is 20.2. The molecule has 0 fully saturated rings. The van der Waals surface area contributed by atoms with Crippen molar-refractivity contribution in [1.29, 1.82) is 0 Å². The number of hydrogen-bond acceptors (Lipinski definition) is 2. The highest BCUT2D eigenvalue weighted by molar-refractivity contribution is 6.92. The van der Waals surface area contributed by atoms with E-state index in [1.807, 2.05) is 0 Å². The Morgan fingerprint density at radius 1 is 0.613 bits per heavy atom. The molecular formula is C28H44O2Si. The van der Waals surface area contributed by atoms with E-state index in [2.05, 4.69) is 81.4 Å². The van der Waals surface area contributed by atoms with Crippen molar-refractivity contribution in [2.45, 2.75) is 97.5 Å². The first-order valence-corrected chi connectivity index (χ1v) is 14.5. The predicted molar refractivity (Wildman–Crippen MR) is 137 cm³/mol. The van der Waals surface area contributed by atoms with Gasteiger partial charge in [-0.1, -0.05) is 133 Å². The van der Waals surface area contributed by atoms with Gasteiger partial charge in [0.25, 0.3) is 0 Å². The molecule has 2 aromatic carbocycles. The Bertz CT molecular complexity index is 628. The van der Waals surface area contributed by atoms with Crippen molar-refractivity contribution in [3.05, 3.63) is 60.7 Å². The lowest BCUT2D eigenvalue weighted by Gasteiger charge is -2.35. The molecular weight excluding hydrogens is 396 g/mol. The lowest BCUT2D eigenvalue weighted by Crippen LogP contribution is -2.64. The standard InChI is InChI=1S/C28H44O2Si/c1-4-7-8-9-10-11-18-25-29-31(27-21-14-12-15-22-27,28-23-16-13-17-24-28)30-26(19-5-2)20-6-3/h12-17,21-24,26H,4-11,18-20,25H2,1-3H3. The summed E-state index contributed by atoms with van der Waals surface area (Å²) in [5, 5.41) is 2.45. The van der Waals surface area contributed by atoms with Gasteiger partial charge in [0.05, 0.1) is 0 Å². The van der Waals surface area contributed by atoms with Crippen LogP contribution in [0.3, 0.4) is 0 Å². The average Bonchev–Trinajstić information content (AvgIpc) is 2.81. The highest BCUT2D eigenvalue weighted by atomic mass is 28.4. The zero-order valence-corrected chi connectivity index (χ0v) is 21.2. The number of rotatable bonds is 17. The number of benzene rings is 2. The second-order valence-electron chi connectivity index (χ2n) is 8.64. The fourth-order valence-electron chi connectivity index (χ4n) is 4.23. The van der Waals surface area contributed by atoms with E-state index >= 15 is 0 Å². The van der Waals surface area contributed by atoms with Crippen LogP contribution in [0, 0.1) is 0 Å². The van der Waals surface area contributed by atoms with E-state index in [1.54, 1.807) is 0 Å². The van der Waals surface area contributed by atoms with Gasteiger partial charge in [-0.3, -0.25) is 0 Å². The maximum atomic E-state index is 7.07. The predicted octanol–water partition coefficient (Wildman–Crippen LogP) is 7.00. The third kappa shape index (κ3) is 8.55. The molecule has 0 saturated carbocycles. The van der Waals surface area contributed by atoms with E-state index in [4.69, 9.17) is 8.85 Å². The van der Waals surface area contributed by atoms with Crippen molar-refractivity contribution >= 4 is 18.9 Å². The summed E-state index contributed by atoms with van der Waals surface area (Å²) in [4.78, 5) is 0. The topological polar surface area (TPSA) is 18.5 Å². The SMILES string of the molecule is CCCCCCCCCO[Si](OC(CCC)CCC)(c1ccccc1)c1ccccc1. The molecule has 0 N–H and O–H groups in total. The van der Waals surface area contributed by atoms with Gasteiger partial charge < -0.3 is 8.85 Å². The smallest absolute Gasteiger partial charge is 0.388 e. The molecule has 2 aromatic rings. The van der Waals surface area contributed by atoms with Crippen molar-refractivity contribution < 1.29 is 8.85 Å². The average molecular weight is 441 g/mol. The molecule has 0 bridgehead atoms. The van der Waals surface area contributed by atoms with Crippen LogP contribution in [0.4, 0.5) is 0 Å². The second kappa shape index (κ2) is 15.4. The highest BCUT2D eigenvalue weighted by Crippen LogP contribution is 2.19. The van der Waals surface area contributed by atoms with E-state index in [1.165, 1.54) is 48.9 Å². The molecule has 31 heavy (non-hydrogen) atoms. The summed E-state index contributed by atoms with van der Waals surface area (Å²) in [6, 6.07) is 21.5. The van der Waals surface area contributed by atoms with Crippen LogP contribution < -0.4 is 10.4 Å². The molecule has 0 aliphatic rings. The minimum absolute atomic E-state index is 0.246. The van der Waals surface area contributed by atoms with Gasteiger partial charge in [0.15, 0.2) is 0 Å². The summed E-state index contributed by atoms with van der Waals surface area (Å²) in [7, 11) is -2.77. The molecule has 0 radical (unpaired) electrons. The zero-order chi connectivity index (χ0) is 22.2. The summed E-state index contributed by atoms with van der Waals surface area (Å²) in [6.07, 6.45) is 13.7. The fraction of sp³-hybridized carbons (Fsp3) is 0.571. The van der Waals surface area contributed by atoms with Crippen molar-refractivity contribution in [2.75, 3.05) is 6.61 Å². The molecule has 0 unspecified atom stereocenters. The molecule has 0 aliphatic heterocycles. The number of hydrogen-bond donors (Lipinski definition) is 0. The van der Waals surface area contributed by atoms with Crippen LogP contribution in [-0.4, -0.2) is 21.3 Å². The maximum absolute atomic E-state index is 7.07. The molecule has 0 heterocycles. The Kier molecular flexibility index (Phi) is 12.8. The monoisotopic (exact) mass is 440 g/mol. The number of unbranched alkanes of at least 4 members (excludes halogenated alkanes) is 6. The van der Waals surface area contributed by atoms with E-state index < -0.39 is 8.56 Å². The normalized spacial score (nSPS) is 11.9. The molecule has 172 valence electrons. The Labute approximate surface area is 192 Å². The van der Waals surface area contributed by atoms with Gasteiger partial charge in [0.2, 0.25) is 0 Å². The molecule has 0 saturated heterocycles. The van der Waals surface area contributed by atoms with Gasteiger partial charge >= 0.3 is 8.56 Å². The summed E-state index contributed by atoms with van der Waals surface area (Å²) in [6.45, 7) is 7.55. The summed E-state index contributed by atoms with van der Waals surface area (Å²) in [5.41, 5.74) is 0. The first-order valence-electron chi connectivity index (χ1n) is 12.7. The minimum atomic E-state index is -2.77. The second-order valence-corrected chi connectivity index (χ2v) is 11.5. The summed E-state index contributed by atoms with van der Waals surface area (Å²) >= 11 is 0. The Balaban J connectivity index is 2.21. The molecule has 2 rings (SSSR count). The van der Waals surface area contributed by atoms with Crippen molar-refractivity contribution in [1.82, 2.24) is 0 Å². The van der Waals surface area contributed by atoms with Gasteiger partial charge in [-0.15, -0.1) is 0 Å². The van der Waals surface area contributed by atoms with Crippen molar-refractivity contribution in [3.63, 3.8) is 0 Å². The molecule has 0 aliphatic carbocycles.